The van der Waals surface area contributed by atoms with Gasteiger partial charge in [-0.1, -0.05) is 19.4 Å². The second-order valence-corrected chi connectivity index (χ2v) is 6.37. The SMILES string of the molecule is CCCCNC(=O)NC(=O)COC(=O)C1CC(=O)N(c2cccc(OC)c2)C1. The lowest BCUT2D eigenvalue weighted by Gasteiger charge is -2.17. The summed E-state index contributed by atoms with van der Waals surface area (Å²) in [5.41, 5.74) is 0.626. The molecule has 0 saturated carbocycles. The minimum atomic E-state index is -0.726. The number of ether oxygens (including phenoxy) is 2. The standard InChI is InChI=1S/C19H25N3O6/c1-3-4-8-20-19(26)21-16(23)12-28-18(25)13-9-17(24)22(11-13)14-6-5-7-15(10-14)27-2/h5-7,10,13H,3-4,8-9,11-12H2,1-2H3,(H2,20,21,23,26). The quantitative estimate of drug-likeness (QED) is 0.509. The van der Waals surface area contributed by atoms with E-state index in [0.717, 1.165) is 12.8 Å². The Hall–Kier alpha value is -3.10. The smallest absolute Gasteiger partial charge is 0.321 e. The van der Waals surface area contributed by atoms with Crippen LogP contribution in [-0.2, 0) is 19.1 Å². The topological polar surface area (TPSA) is 114 Å². The first-order valence-corrected chi connectivity index (χ1v) is 9.13. The van der Waals surface area contributed by atoms with Crippen LogP contribution in [0.3, 0.4) is 0 Å². The van der Waals surface area contributed by atoms with E-state index in [1.54, 1.807) is 24.3 Å². The van der Waals surface area contributed by atoms with Gasteiger partial charge in [0.1, 0.15) is 5.75 Å². The molecule has 0 aromatic heterocycles. The van der Waals surface area contributed by atoms with Gasteiger partial charge >= 0.3 is 12.0 Å². The Kier molecular flexibility index (Phi) is 7.79. The maximum absolute atomic E-state index is 12.2. The Labute approximate surface area is 163 Å². The number of methoxy groups -OCH3 is 1. The molecule has 1 aromatic carbocycles. The molecule has 1 aliphatic rings. The molecule has 1 aliphatic heterocycles. The highest BCUT2D eigenvalue weighted by atomic mass is 16.5. The number of urea groups is 1. The number of rotatable bonds is 8. The number of nitrogens with zero attached hydrogens (tertiary/aromatic N) is 1. The predicted octanol–water partition coefficient (Wildman–Crippen LogP) is 1.22. The Morgan fingerprint density at radius 2 is 2.07 bits per heavy atom. The van der Waals surface area contributed by atoms with E-state index in [4.69, 9.17) is 9.47 Å². The normalized spacial score (nSPS) is 15.9. The van der Waals surface area contributed by atoms with E-state index in [2.05, 4.69) is 10.6 Å². The third-order valence-electron chi connectivity index (χ3n) is 4.24. The number of benzene rings is 1. The van der Waals surface area contributed by atoms with Gasteiger partial charge < -0.3 is 19.7 Å². The van der Waals surface area contributed by atoms with Crippen LogP contribution in [0.1, 0.15) is 26.2 Å². The van der Waals surface area contributed by atoms with Crippen molar-refractivity contribution in [1.29, 1.82) is 0 Å². The molecule has 4 amide bonds. The molecule has 152 valence electrons. The van der Waals surface area contributed by atoms with Crippen LogP contribution >= 0.6 is 0 Å². The van der Waals surface area contributed by atoms with E-state index in [1.807, 2.05) is 6.92 Å². The number of hydrogen-bond acceptors (Lipinski definition) is 6. The largest absolute Gasteiger partial charge is 0.497 e. The van der Waals surface area contributed by atoms with Gasteiger partial charge in [-0.3, -0.25) is 19.7 Å². The van der Waals surface area contributed by atoms with Crippen molar-refractivity contribution < 1.29 is 28.7 Å². The molecular formula is C19H25N3O6. The fourth-order valence-electron chi connectivity index (χ4n) is 2.73. The Morgan fingerprint density at radius 3 is 2.79 bits per heavy atom. The zero-order chi connectivity index (χ0) is 20.5. The van der Waals surface area contributed by atoms with Crippen LogP contribution in [0, 0.1) is 5.92 Å². The molecule has 1 unspecified atom stereocenters. The van der Waals surface area contributed by atoms with Crippen LogP contribution in [0.5, 0.6) is 5.75 Å². The van der Waals surface area contributed by atoms with Crippen molar-refractivity contribution in [3.8, 4) is 5.75 Å². The van der Waals surface area contributed by atoms with E-state index >= 15 is 0 Å². The zero-order valence-corrected chi connectivity index (χ0v) is 16.0. The van der Waals surface area contributed by atoms with Crippen molar-refractivity contribution in [2.24, 2.45) is 5.92 Å². The lowest BCUT2D eigenvalue weighted by atomic mass is 10.1. The molecule has 0 bridgehead atoms. The van der Waals surface area contributed by atoms with Gasteiger partial charge in [0.15, 0.2) is 6.61 Å². The van der Waals surface area contributed by atoms with Crippen LogP contribution in [0.25, 0.3) is 0 Å². The second-order valence-electron chi connectivity index (χ2n) is 6.37. The molecule has 28 heavy (non-hydrogen) atoms. The molecule has 9 heteroatoms. The van der Waals surface area contributed by atoms with Crippen molar-refractivity contribution in [2.75, 3.05) is 31.7 Å². The predicted molar refractivity (Wildman–Crippen MR) is 101 cm³/mol. The number of esters is 1. The lowest BCUT2D eigenvalue weighted by molar-refractivity contribution is -0.152. The van der Waals surface area contributed by atoms with E-state index in [9.17, 15) is 19.2 Å². The summed E-state index contributed by atoms with van der Waals surface area (Å²) in [6.07, 6.45) is 1.71. The van der Waals surface area contributed by atoms with Crippen LogP contribution in [-0.4, -0.2) is 50.6 Å². The molecule has 0 aliphatic carbocycles. The fraction of sp³-hybridized carbons (Fsp3) is 0.474. The Morgan fingerprint density at radius 1 is 1.29 bits per heavy atom. The van der Waals surface area contributed by atoms with Crippen molar-refractivity contribution >= 4 is 29.5 Å². The summed E-state index contributed by atoms with van der Waals surface area (Å²) < 4.78 is 10.1. The summed E-state index contributed by atoms with van der Waals surface area (Å²) in [5, 5.41) is 4.61. The first-order chi connectivity index (χ1) is 13.4. The number of nitrogens with one attached hydrogen (secondary N) is 2. The van der Waals surface area contributed by atoms with Gasteiger partial charge in [-0.05, 0) is 18.6 Å². The molecule has 9 nitrogen and oxygen atoms in total. The third kappa shape index (κ3) is 5.97. The summed E-state index contributed by atoms with van der Waals surface area (Å²) in [6, 6.07) is 6.33. The molecule has 1 atom stereocenters. The molecule has 1 aromatic rings. The van der Waals surface area contributed by atoms with Gasteiger partial charge in [-0.15, -0.1) is 0 Å². The van der Waals surface area contributed by atoms with Crippen molar-refractivity contribution in [3.05, 3.63) is 24.3 Å². The maximum atomic E-state index is 12.2. The average Bonchev–Trinajstić information content (AvgIpc) is 3.08. The van der Waals surface area contributed by atoms with Gasteiger partial charge in [0.25, 0.3) is 5.91 Å². The van der Waals surface area contributed by atoms with Crippen molar-refractivity contribution in [2.45, 2.75) is 26.2 Å². The first kappa shape index (κ1) is 21.2. The summed E-state index contributed by atoms with van der Waals surface area (Å²) in [4.78, 5) is 49.1. The molecule has 1 fully saturated rings. The third-order valence-corrected chi connectivity index (χ3v) is 4.24. The van der Waals surface area contributed by atoms with Gasteiger partial charge in [0.2, 0.25) is 5.91 Å². The fourth-order valence-corrected chi connectivity index (χ4v) is 2.73. The Bertz CT molecular complexity index is 736. The summed E-state index contributed by atoms with van der Waals surface area (Å²) in [7, 11) is 1.53. The number of carbonyl (C=O) groups is 4. The Balaban J connectivity index is 1.81. The highest BCUT2D eigenvalue weighted by Gasteiger charge is 2.36. The average molecular weight is 391 g/mol. The number of hydrogen-bond donors (Lipinski definition) is 2. The van der Waals surface area contributed by atoms with Crippen molar-refractivity contribution in [3.63, 3.8) is 0 Å². The number of unbranched alkanes of at least 4 members (excludes halogenated alkanes) is 1. The van der Waals surface area contributed by atoms with E-state index in [-0.39, 0.29) is 18.9 Å². The van der Waals surface area contributed by atoms with Gasteiger partial charge in [-0.2, -0.15) is 0 Å². The van der Waals surface area contributed by atoms with Crippen molar-refractivity contribution in [1.82, 2.24) is 10.6 Å². The van der Waals surface area contributed by atoms with E-state index in [1.165, 1.54) is 12.0 Å². The molecule has 1 heterocycles. The summed E-state index contributed by atoms with van der Waals surface area (Å²) in [5.74, 6) is -1.67. The van der Waals surface area contributed by atoms with Crippen LogP contribution in [0.15, 0.2) is 24.3 Å². The molecule has 0 spiro atoms. The zero-order valence-electron chi connectivity index (χ0n) is 16.0. The van der Waals surface area contributed by atoms with E-state index < -0.39 is 30.4 Å². The first-order valence-electron chi connectivity index (χ1n) is 9.13. The number of imide groups is 1. The van der Waals surface area contributed by atoms with Gasteiger partial charge in [0.05, 0.1) is 13.0 Å². The summed E-state index contributed by atoms with van der Waals surface area (Å²) in [6.45, 7) is 2.01. The molecular weight excluding hydrogens is 366 g/mol. The number of amides is 4. The molecule has 0 radical (unpaired) electrons. The van der Waals surface area contributed by atoms with Crippen LogP contribution in [0.2, 0.25) is 0 Å². The van der Waals surface area contributed by atoms with Crippen LogP contribution < -0.4 is 20.3 Å². The highest BCUT2D eigenvalue weighted by Crippen LogP contribution is 2.28. The lowest BCUT2D eigenvalue weighted by Crippen LogP contribution is -2.42. The monoisotopic (exact) mass is 391 g/mol. The second kappa shape index (κ2) is 10.3. The van der Waals surface area contributed by atoms with Crippen LogP contribution in [0.4, 0.5) is 10.5 Å². The molecule has 1 saturated heterocycles. The van der Waals surface area contributed by atoms with Gasteiger partial charge in [0, 0.05) is 31.3 Å². The summed E-state index contributed by atoms with van der Waals surface area (Å²) >= 11 is 0. The maximum Gasteiger partial charge on any atom is 0.321 e. The highest BCUT2D eigenvalue weighted by molar-refractivity contribution is 6.00. The number of carbonyl (C=O) groups excluding carboxylic acids is 4. The molecule has 2 rings (SSSR count). The minimum absolute atomic E-state index is 0.00480. The number of anilines is 1. The molecule has 2 N–H and O–H groups in total. The minimum Gasteiger partial charge on any atom is -0.497 e. The van der Waals surface area contributed by atoms with Gasteiger partial charge in [-0.25, -0.2) is 4.79 Å². The van der Waals surface area contributed by atoms with E-state index in [0.29, 0.717) is 18.0 Å².